The average molecular weight is 502 g/mol. The average Bonchev–Trinajstić information content (AvgIpc) is 3.06. The lowest BCUT2D eigenvalue weighted by Crippen LogP contribution is -2.50. The van der Waals surface area contributed by atoms with Gasteiger partial charge in [-0.05, 0) is 51.8 Å². The lowest BCUT2D eigenvalue weighted by molar-refractivity contribution is -0.139. The number of carbonyl (C=O) groups is 3. The van der Waals surface area contributed by atoms with E-state index in [-0.39, 0.29) is 24.2 Å². The van der Waals surface area contributed by atoms with E-state index < -0.39 is 12.0 Å². The lowest BCUT2D eigenvalue weighted by atomic mass is 9.94. The summed E-state index contributed by atoms with van der Waals surface area (Å²) in [5, 5.41) is 5.96. The molecule has 10 heteroatoms. The highest BCUT2D eigenvalue weighted by atomic mass is 16.5. The number of rotatable bonds is 6. The maximum atomic E-state index is 13.2. The van der Waals surface area contributed by atoms with E-state index in [1.807, 2.05) is 37.8 Å². The summed E-state index contributed by atoms with van der Waals surface area (Å²) in [6, 6.07) is 6.26. The van der Waals surface area contributed by atoms with E-state index >= 15 is 0 Å². The van der Waals surface area contributed by atoms with Crippen molar-refractivity contribution in [3.63, 3.8) is 0 Å². The first-order valence-corrected chi connectivity index (χ1v) is 12.4. The number of amides is 4. The molecule has 4 amide bonds. The molecule has 0 bridgehead atoms. The fourth-order valence-corrected chi connectivity index (χ4v) is 4.39. The maximum Gasteiger partial charge on any atom is 0.338 e. The summed E-state index contributed by atoms with van der Waals surface area (Å²) in [7, 11) is 3.25. The Balaban J connectivity index is 1.88. The Morgan fingerprint density at radius 1 is 1.11 bits per heavy atom. The van der Waals surface area contributed by atoms with E-state index in [9.17, 15) is 14.4 Å². The summed E-state index contributed by atoms with van der Waals surface area (Å²) in [6.07, 6.45) is 0.789. The second-order valence-electron chi connectivity index (χ2n) is 10.1. The minimum atomic E-state index is -0.644. The van der Waals surface area contributed by atoms with E-state index in [1.54, 1.807) is 33.2 Å². The summed E-state index contributed by atoms with van der Waals surface area (Å²) in [5.74, 6) is 0.227. The van der Waals surface area contributed by atoms with E-state index in [0.29, 0.717) is 43.2 Å². The van der Waals surface area contributed by atoms with Gasteiger partial charge in [-0.1, -0.05) is 12.1 Å². The Hall–Kier alpha value is -3.27. The van der Waals surface area contributed by atoms with Gasteiger partial charge < -0.3 is 25.0 Å². The van der Waals surface area contributed by atoms with E-state index in [4.69, 9.17) is 9.47 Å². The van der Waals surface area contributed by atoms with Crippen LogP contribution < -0.4 is 15.4 Å². The summed E-state index contributed by atoms with van der Waals surface area (Å²) in [6.45, 7) is 10.8. The number of urea groups is 2. The summed E-state index contributed by atoms with van der Waals surface area (Å²) in [4.78, 5) is 44.3. The van der Waals surface area contributed by atoms with Gasteiger partial charge in [-0.3, -0.25) is 9.80 Å². The first-order valence-electron chi connectivity index (χ1n) is 12.4. The van der Waals surface area contributed by atoms with Gasteiger partial charge >= 0.3 is 18.0 Å². The van der Waals surface area contributed by atoms with E-state index in [1.165, 1.54) is 4.90 Å². The summed E-state index contributed by atoms with van der Waals surface area (Å²) in [5.41, 5.74) is 1.47. The molecule has 1 saturated heterocycles. The molecule has 0 saturated carbocycles. The standard InChI is InChI=1S/C26H39N5O5/c1-7-36-23(32)21-20(17-30-13-8-14-31(16-15-30)25(34)28-26(2,3)4)29(5)24(33)27-22(21)18-9-11-19(35-6)12-10-18/h9-12,22H,7-8,13-17H2,1-6H3,(H,27,33)(H,28,34)/t22-/m1/s1. The molecular formula is C26H39N5O5. The number of hydrogen-bond acceptors (Lipinski definition) is 6. The molecule has 0 radical (unpaired) electrons. The molecular weight excluding hydrogens is 462 g/mol. The van der Waals surface area contributed by atoms with Crippen molar-refractivity contribution >= 4 is 18.0 Å². The van der Waals surface area contributed by atoms with Crippen molar-refractivity contribution < 1.29 is 23.9 Å². The van der Waals surface area contributed by atoms with E-state index in [0.717, 1.165) is 18.5 Å². The minimum Gasteiger partial charge on any atom is -0.497 e. The molecule has 2 aliphatic heterocycles. The van der Waals surface area contributed by atoms with Crippen molar-refractivity contribution in [3.05, 3.63) is 41.1 Å². The number of hydrogen-bond donors (Lipinski definition) is 2. The zero-order valence-electron chi connectivity index (χ0n) is 22.2. The zero-order valence-corrected chi connectivity index (χ0v) is 22.2. The van der Waals surface area contributed by atoms with Crippen molar-refractivity contribution in [2.75, 3.05) is 53.5 Å². The van der Waals surface area contributed by atoms with Crippen LogP contribution in [0.2, 0.25) is 0 Å². The molecule has 0 spiro atoms. The fraction of sp³-hybridized carbons (Fsp3) is 0.577. The highest BCUT2D eigenvalue weighted by Crippen LogP contribution is 2.32. The van der Waals surface area contributed by atoms with Gasteiger partial charge in [0.2, 0.25) is 0 Å². The molecule has 1 aromatic rings. The smallest absolute Gasteiger partial charge is 0.338 e. The van der Waals surface area contributed by atoms with Crippen LogP contribution in [0.4, 0.5) is 9.59 Å². The van der Waals surface area contributed by atoms with Crippen molar-refractivity contribution in [2.24, 2.45) is 0 Å². The van der Waals surface area contributed by atoms with Crippen LogP contribution in [0.1, 0.15) is 45.7 Å². The van der Waals surface area contributed by atoms with Gasteiger partial charge in [0.05, 0.1) is 25.3 Å². The number of nitrogens with one attached hydrogen (secondary N) is 2. The molecule has 1 aromatic carbocycles. The number of methoxy groups -OCH3 is 1. The minimum absolute atomic E-state index is 0.0792. The largest absolute Gasteiger partial charge is 0.497 e. The molecule has 0 unspecified atom stereocenters. The van der Waals surface area contributed by atoms with E-state index in [2.05, 4.69) is 15.5 Å². The zero-order chi connectivity index (χ0) is 26.5. The van der Waals surface area contributed by atoms with Gasteiger partial charge in [0.25, 0.3) is 0 Å². The number of ether oxygens (including phenoxy) is 2. The Morgan fingerprint density at radius 3 is 2.42 bits per heavy atom. The molecule has 10 nitrogen and oxygen atoms in total. The quantitative estimate of drug-likeness (QED) is 0.581. The highest BCUT2D eigenvalue weighted by molar-refractivity contribution is 5.95. The molecule has 2 heterocycles. The molecule has 1 atom stereocenters. The molecule has 198 valence electrons. The topological polar surface area (TPSA) is 103 Å². The third-order valence-electron chi connectivity index (χ3n) is 6.25. The van der Waals surface area contributed by atoms with Crippen LogP contribution in [-0.2, 0) is 9.53 Å². The van der Waals surface area contributed by atoms with Gasteiger partial charge in [-0.15, -0.1) is 0 Å². The van der Waals surface area contributed by atoms with Crippen LogP contribution in [0, 0.1) is 0 Å². The third-order valence-corrected chi connectivity index (χ3v) is 6.25. The van der Waals surface area contributed by atoms with Gasteiger partial charge in [-0.25, -0.2) is 14.4 Å². The molecule has 2 aliphatic rings. The van der Waals surface area contributed by atoms with Crippen molar-refractivity contribution in [3.8, 4) is 5.75 Å². The lowest BCUT2D eigenvalue weighted by Gasteiger charge is -2.36. The van der Waals surface area contributed by atoms with Crippen LogP contribution in [0.3, 0.4) is 0 Å². The summed E-state index contributed by atoms with van der Waals surface area (Å²) < 4.78 is 10.7. The monoisotopic (exact) mass is 501 g/mol. The Kier molecular flexibility index (Phi) is 8.84. The fourth-order valence-electron chi connectivity index (χ4n) is 4.39. The van der Waals surface area contributed by atoms with Gasteiger partial charge in [-0.2, -0.15) is 0 Å². The maximum absolute atomic E-state index is 13.2. The van der Waals surface area contributed by atoms with Gasteiger partial charge in [0.15, 0.2) is 0 Å². The van der Waals surface area contributed by atoms with Crippen molar-refractivity contribution in [1.29, 1.82) is 0 Å². The molecule has 3 rings (SSSR count). The SMILES string of the molecule is CCOC(=O)C1=C(CN2CCCN(C(=O)NC(C)(C)C)CC2)N(C)C(=O)N[C@@H]1c1ccc(OC)cc1. The second kappa shape index (κ2) is 11.6. The Morgan fingerprint density at radius 2 is 1.81 bits per heavy atom. The molecule has 0 aliphatic carbocycles. The van der Waals surface area contributed by atoms with Crippen LogP contribution in [-0.4, -0.2) is 91.8 Å². The van der Waals surface area contributed by atoms with Gasteiger partial charge in [0.1, 0.15) is 5.75 Å². The van der Waals surface area contributed by atoms with Crippen molar-refractivity contribution in [2.45, 2.75) is 45.7 Å². The van der Waals surface area contributed by atoms with Crippen LogP contribution in [0.15, 0.2) is 35.5 Å². The Bertz CT molecular complexity index is 985. The number of esters is 1. The summed E-state index contributed by atoms with van der Waals surface area (Å²) >= 11 is 0. The normalized spacial score (nSPS) is 19.5. The molecule has 0 aromatic heterocycles. The predicted molar refractivity (Wildman–Crippen MR) is 137 cm³/mol. The molecule has 36 heavy (non-hydrogen) atoms. The number of carbonyl (C=O) groups excluding carboxylic acids is 3. The first-order chi connectivity index (χ1) is 17.0. The van der Waals surface area contributed by atoms with Crippen LogP contribution >= 0.6 is 0 Å². The van der Waals surface area contributed by atoms with Crippen LogP contribution in [0.5, 0.6) is 5.75 Å². The molecule has 2 N–H and O–H groups in total. The van der Waals surface area contributed by atoms with Crippen molar-refractivity contribution in [1.82, 2.24) is 25.3 Å². The van der Waals surface area contributed by atoms with Crippen LogP contribution in [0.25, 0.3) is 0 Å². The number of benzene rings is 1. The Labute approximate surface area is 213 Å². The van der Waals surface area contributed by atoms with Gasteiger partial charge in [0, 0.05) is 51.0 Å². The highest BCUT2D eigenvalue weighted by Gasteiger charge is 2.37. The predicted octanol–water partition coefficient (Wildman–Crippen LogP) is 2.72. The molecule has 1 fully saturated rings. The number of likely N-dealkylation sites (N-methyl/N-ethyl adjacent to an activating group) is 1. The number of nitrogens with zero attached hydrogens (tertiary/aromatic N) is 3. The first kappa shape index (κ1) is 27.3. The third kappa shape index (κ3) is 6.69. The second-order valence-corrected chi connectivity index (χ2v) is 10.1.